The van der Waals surface area contributed by atoms with Gasteiger partial charge in [0.1, 0.15) is 12.2 Å². The molecule has 7 nitrogen and oxygen atoms in total. The normalized spacial score (nSPS) is 15.6. The summed E-state index contributed by atoms with van der Waals surface area (Å²) in [7, 11) is 3.13. The number of carbonyl (C=O) groups excluding carboxylic acids is 2. The van der Waals surface area contributed by atoms with Crippen LogP contribution in [0.3, 0.4) is 0 Å². The van der Waals surface area contributed by atoms with Crippen LogP contribution < -0.4 is 19.5 Å². The third kappa shape index (κ3) is 4.04. The molecular weight excluding hydrogens is 398 g/mol. The summed E-state index contributed by atoms with van der Waals surface area (Å²) in [6, 6.07) is 9.35. The largest absolute Gasteiger partial charge is 0.493 e. The molecule has 1 aliphatic heterocycles. The Morgan fingerprint density at radius 3 is 2.48 bits per heavy atom. The van der Waals surface area contributed by atoms with Gasteiger partial charge in [0.2, 0.25) is 5.75 Å². The van der Waals surface area contributed by atoms with Gasteiger partial charge in [0.05, 0.1) is 14.2 Å². The van der Waals surface area contributed by atoms with Crippen molar-refractivity contribution < 1.29 is 28.5 Å². The number of fused-ring (bicyclic) bond motifs is 1. The van der Waals surface area contributed by atoms with Crippen LogP contribution >= 0.6 is 0 Å². The van der Waals surface area contributed by atoms with Crippen LogP contribution in [0.2, 0.25) is 0 Å². The second-order valence-corrected chi connectivity index (χ2v) is 7.89. The Morgan fingerprint density at radius 1 is 1.03 bits per heavy atom. The van der Waals surface area contributed by atoms with Gasteiger partial charge in [0, 0.05) is 24.1 Å². The SMILES string of the molecule is CCCC(=O)OC1(COc2c(-c3cccc4c3CNC4=O)ccc(OC)c2OC)CC1. The average Bonchev–Trinajstić information content (AvgIpc) is 3.43. The van der Waals surface area contributed by atoms with Gasteiger partial charge in [-0.25, -0.2) is 0 Å². The Kier molecular flexibility index (Phi) is 5.76. The van der Waals surface area contributed by atoms with E-state index in [1.807, 2.05) is 37.3 Å². The molecule has 2 aromatic rings. The number of nitrogens with one attached hydrogen (secondary N) is 1. The van der Waals surface area contributed by atoms with E-state index in [1.54, 1.807) is 14.2 Å². The van der Waals surface area contributed by atoms with Crippen LogP contribution in [-0.2, 0) is 16.1 Å². The lowest BCUT2D eigenvalue weighted by atomic mass is 9.95. The van der Waals surface area contributed by atoms with Gasteiger partial charge in [0.25, 0.3) is 5.91 Å². The maximum absolute atomic E-state index is 12.1. The fourth-order valence-corrected chi connectivity index (χ4v) is 3.88. The van der Waals surface area contributed by atoms with E-state index in [4.69, 9.17) is 18.9 Å². The number of esters is 1. The van der Waals surface area contributed by atoms with Crippen LogP contribution in [0.15, 0.2) is 30.3 Å². The first-order valence-corrected chi connectivity index (χ1v) is 10.5. The lowest BCUT2D eigenvalue weighted by Crippen LogP contribution is -2.27. The predicted octanol–water partition coefficient (Wildman–Crippen LogP) is 3.87. The minimum absolute atomic E-state index is 0.0837. The maximum atomic E-state index is 12.1. The highest BCUT2D eigenvalue weighted by molar-refractivity contribution is 6.01. The van der Waals surface area contributed by atoms with Crippen LogP contribution in [0.25, 0.3) is 11.1 Å². The zero-order chi connectivity index (χ0) is 22.0. The molecule has 0 bridgehead atoms. The number of hydrogen-bond acceptors (Lipinski definition) is 6. The molecule has 0 radical (unpaired) electrons. The Bertz CT molecular complexity index is 1010. The van der Waals surface area contributed by atoms with Crippen molar-refractivity contribution in [3.63, 3.8) is 0 Å². The van der Waals surface area contributed by atoms with Crippen molar-refractivity contribution in [3.8, 4) is 28.4 Å². The monoisotopic (exact) mass is 425 g/mol. The molecule has 1 heterocycles. The third-order valence-electron chi connectivity index (χ3n) is 5.71. The van der Waals surface area contributed by atoms with Crippen LogP contribution in [-0.4, -0.2) is 38.3 Å². The minimum Gasteiger partial charge on any atom is -0.493 e. The van der Waals surface area contributed by atoms with E-state index in [0.717, 1.165) is 36.0 Å². The highest BCUT2D eigenvalue weighted by atomic mass is 16.6. The van der Waals surface area contributed by atoms with Crippen LogP contribution in [0, 0.1) is 0 Å². The van der Waals surface area contributed by atoms with E-state index in [9.17, 15) is 9.59 Å². The van der Waals surface area contributed by atoms with Crippen molar-refractivity contribution in [3.05, 3.63) is 41.5 Å². The number of carbonyl (C=O) groups is 2. The fourth-order valence-electron chi connectivity index (χ4n) is 3.88. The first-order chi connectivity index (χ1) is 15.0. The van der Waals surface area contributed by atoms with Crippen LogP contribution in [0.4, 0.5) is 0 Å². The van der Waals surface area contributed by atoms with Gasteiger partial charge < -0.3 is 24.3 Å². The molecule has 164 valence electrons. The summed E-state index contributed by atoms with van der Waals surface area (Å²) in [5.74, 6) is 1.22. The van der Waals surface area contributed by atoms with Crippen LogP contribution in [0.1, 0.15) is 48.5 Å². The van der Waals surface area contributed by atoms with Gasteiger partial charge in [-0.2, -0.15) is 0 Å². The summed E-state index contributed by atoms with van der Waals surface area (Å²) in [5, 5.41) is 2.87. The zero-order valence-electron chi connectivity index (χ0n) is 18.1. The molecule has 31 heavy (non-hydrogen) atoms. The average molecular weight is 425 g/mol. The summed E-state index contributed by atoms with van der Waals surface area (Å²) in [6.45, 7) is 2.63. The Morgan fingerprint density at radius 2 is 1.81 bits per heavy atom. The lowest BCUT2D eigenvalue weighted by molar-refractivity contribution is -0.153. The summed E-state index contributed by atoms with van der Waals surface area (Å²) < 4.78 is 23.0. The number of methoxy groups -OCH3 is 2. The molecule has 1 amide bonds. The van der Waals surface area contributed by atoms with E-state index < -0.39 is 5.60 Å². The minimum atomic E-state index is -0.590. The summed E-state index contributed by atoms with van der Waals surface area (Å²) >= 11 is 0. The second-order valence-electron chi connectivity index (χ2n) is 7.89. The number of ether oxygens (including phenoxy) is 4. The molecule has 7 heteroatoms. The van der Waals surface area contributed by atoms with Crippen molar-refractivity contribution >= 4 is 11.9 Å². The van der Waals surface area contributed by atoms with E-state index >= 15 is 0 Å². The molecule has 1 saturated carbocycles. The Balaban J connectivity index is 1.70. The van der Waals surface area contributed by atoms with Gasteiger partial charge in [-0.05, 0) is 48.6 Å². The van der Waals surface area contributed by atoms with E-state index in [2.05, 4.69) is 5.32 Å². The number of amides is 1. The van der Waals surface area contributed by atoms with Gasteiger partial charge in [0.15, 0.2) is 11.5 Å². The molecular formula is C24H27NO6. The van der Waals surface area contributed by atoms with E-state index in [-0.39, 0.29) is 18.5 Å². The highest BCUT2D eigenvalue weighted by Gasteiger charge is 2.48. The lowest BCUT2D eigenvalue weighted by Gasteiger charge is -2.22. The molecule has 0 unspecified atom stereocenters. The van der Waals surface area contributed by atoms with E-state index in [1.165, 1.54) is 0 Å². The third-order valence-corrected chi connectivity index (χ3v) is 5.71. The molecule has 0 spiro atoms. The van der Waals surface area contributed by atoms with Crippen LogP contribution in [0.5, 0.6) is 17.2 Å². The van der Waals surface area contributed by atoms with Crippen molar-refractivity contribution in [2.75, 3.05) is 20.8 Å². The number of hydrogen-bond donors (Lipinski definition) is 1. The molecule has 1 aliphatic carbocycles. The molecule has 1 fully saturated rings. The van der Waals surface area contributed by atoms with Gasteiger partial charge >= 0.3 is 5.97 Å². The topological polar surface area (TPSA) is 83.1 Å². The van der Waals surface area contributed by atoms with Gasteiger partial charge in [-0.1, -0.05) is 19.1 Å². The smallest absolute Gasteiger partial charge is 0.306 e. The van der Waals surface area contributed by atoms with Crippen molar-refractivity contribution in [1.29, 1.82) is 0 Å². The Hall–Kier alpha value is -3.22. The summed E-state index contributed by atoms with van der Waals surface area (Å²) in [6.07, 6.45) is 2.68. The quantitative estimate of drug-likeness (QED) is 0.614. The van der Waals surface area contributed by atoms with Gasteiger partial charge in [-0.15, -0.1) is 0 Å². The summed E-state index contributed by atoms with van der Waals surface area (Å²) in [5.41, 5.74) is 2.67. The molecule has 0 saturated heterocycles. The second kappa shape index (κ2) is 8.49. The number of rotatable bonds is 9. The molecule has 1 N–H and O–H groups in total. The molecule has 4 rings (SSSR count). The van der Waals surface area contributed by atoms with Crippen molar-refractivity contribution in [2.45, 2.75) is 44.8 Å². The molecule has 0 aromatic heterocycles. The van der Waals surface area contributed by atoms with Crippen molar-refractivity contribution in [1.82, 2.24) is 5.32 Å². The summed E-state index contributed by atoms with van der Waals surface area (Å²) in [4.78, 5) is 24.2. The fraction of sp³-hybridized carbons (Fsp3) is 0.417. The molecule has 0 atom stereocenters. The van der Waals surface area contributed by atoms with Crippen molar-refractivity contribution in [2.24, 2.45) is 0 Å². The Labute approximate surface area is 181 Å². The first kappa shape index (κ1) is 21.0. The predicted molar refractivity (Wildman–Crippen MR) is 115 cm³/mol. The maximum Gasteiger partial charge on any atom is 0.306 e. The zero-order valence-corrected chi connectivity index (χ0v) is 18.1. The highest BCUT2D eigenvalue weighted by Crippen LogP contribution is 2.48. The standard InChI is InChI=1S/C24H27NO6/c1-4-6-20(26)31-24(11-12-24)14-30-21-16(9-10-19(28-2)22(21)29-3)15-7-5-8-17-18(15)13-25-23(17)27/h5,7-10H,4,6,11-14H2,1-3H3,(H,25,27). The van der Waals surface area contributed by atoms with E-state index in [0.29, 0.717) is 35.8 Å². The first-order valence-electron chi connectivity index (χ1n) is 10.5. The molecule has 2 aliphatic rings. The molecule has 2 aromatic carbocycles. The van der Waals surface area contributed by atoms with Gasteiger partial charge in [-0.3, -0.25) is 9.59 Å². The number of benzene rings is 2.